The van der Waals surface area contributed by atoms with Crippen LogP contribution in [-0.2, 0) is 15.9 Å². The van der Waals surface area contributed by atoms with E-state index in [4.69, 9.17) is 19.1 Å². The van der Waals surface area contributed by atoms with Gasteiger partial charge in [0.15, 0.2) is 0 Å². The van der Waals surface area contributed by atoms with E-state index in [0.29, 0.717) is 0 Å². The Kier molecular flexibility index (Phi) is 14.9. The molecule has 0 aromatic carbocycles. The number of halogens is 2. The van der Waals surface area contributed by atoms with Crippen molar-refractivity contribution in [1.29, 1.82) is 0 Å². The van der Waals surface area contributed by atoms with Gasteiger partial charge in [-0.15, -0.1) is 0 Å². The molecule has 0 N–H and O–H groups in total. The average Bonchev–Trinajstić information content (AvgIpc) is 1.85. The second-order valence-corrected chi connectivity index (χ2v) is 5.01. The summed E-state index contributed by atoms with van der Waals surface area (Å²) in [7, 11) is 18.0. The first kappa shape index (κ1) is 14.7. The molecule has 0 radical (unpaired) electrons. The van der Waals surface area contributed by atoms with E-state index in [-0.39, 0.29) is 15.9 Å². The topological polar surface area (TPSA) is 6.48 Å². The van der Waals surface area contributed by atoms with Gasteiger partial charge in [-0.3, -0.25) is 0 Å². The predicted octanol–water partition coefficient (Wildman–Crippen LogP) is 1.49. The third-order valence-corrected chi connectivity index (χ3v) is 0.994. The van der Waals surface area contributed by atoms with Crippen LogP contribution in [-0.4, -0.2) is 51.1 Å². The Bertz CT molecular complexity index is 63.6. The fourth-order valence-electron chi connectivity index (χ4n) is 0.400. The summed E-state index contributed by atoms with van der Waals surface area (Å²) < 4.78 is 0. The summed E-state index contributed by atoms with van der Waals surface area (Å²) in [6, 6.07) is 0. The quantitative estimate of drug-likeness (QED) is 0.728. The van der Waals surface area contributed by atoms with E-state index in [2.05, 4.69) is 38.0 Å². The van der Waals surface area contributed by atoms with Crippen LogP contribution in [0.2, 0.25) is 0 Å². The average molecular weight is 294 g/mol. The summed E-state index contributed by atoms with van der Waals surface area (Å²) in [4.78, 5) is 4.36. The summed E-state index contributed by atoms with van der Waals surface area (Å²) in [5.41, 5.74) is 0. The molecule has 0 spiro atoms. The molecule has 0 saturated heterocycles. The molecule has 0 atom stereocenters. The number of hydrogen-bond acceptors (Lipinski definition) is 2. The molecule has 0 unspecified atom stereocenters. The van der Waals surface area contributed by atoms with Gasteiger partial charge in [0.2, 0.25) is 0 Å². The molecule has 0 amide bonds. The SMILES string of the molecule is CN(C)CCN(C)C.[Cl][Pd][Cl]. The van der Waals surface area contributed by atoms with E-state index in [0.717, 1.165) is 13.1 Å². The van der Waals surface area contributed by atoms with Crippen LogP contribution in [0.4, 0.5) is 0 Å². The Morgan fingerprint density at radius 1 is 0.909 bits per heavy atom. The van der Waals surface area contributed by atoms with Crippen molar-refractivity contribution in [2.24, 2.45) is 0 Å². The molecule has 0 aliphatic rings. The van der Waals surface area contributed by atoms with Crippen molar-refractivity contribution in [2.45, 2.75) is 0 Å². The van der Waals surface area contributed by atoms with Gasteiger partial charge in [-0.25, -0.2) is 0 Å². The van der Waals surface area contributed by atoms with Crippen LogP contribution in [0.3, 0.4) is 0 Å². The Morgan fingerprint density at radius 2 is 1.09 bits per heavy atom. The number of likely N-dealkylation sites (N-methyl/N-ethyl adjacent to an activating group) is 2. The van der Waals surface area contributed by atoms with Gasteiger partial charge in [0, 0.05) is 13.1 Å². The van der Waals surface area contributed by atoms with E-state index in [1.807, 2.05) is 0 Å². The first-order valence-corrected chi connectivity index (χ1v) is 7.16. The molecule has 0 fully saturated rings. The van der Waals surface area contributed by atoms with Crippen LogP contribution in [0, 0.1) is 0 Å². The van der Waals surface area contributed by atoms with Crippen LogP contribution in [0.15, 0.2) is 0 Å². The van der Waals surface area contributed by atoms with Gasteiger partial charge in [-0.2, -0.15) is 0 Å². The van der Waals surface area contributed by atoms with E-state index < -0.39 is 0 Å². The molecule has 5 heteroatoms. The third kappa shape index (κ3) is 24.7. The zero-order valence-corrected chi connectivity index (χ0v) is 10.4. The van der Waals surface area contributed by atoms with Crippen LogP contribution >= 0.6 is 19.1 Å². The monoisotopic (exact) mass is 292 g/mol. The van der Waals surface area contributed by atoms with E-state index in [1.54, 1.807) is 0 Å². The van der Waals surface area contributed by atoms with Gasteiger partial charge in [0.25, 0.3) is 0 Å². The standard InChI is InChI=1S/C6H16N2.2ClH.Pd/c1-7(2)5-6-8(3)4;;;/h5-6H2,1-4H3;2*1H;/q;;;+2/p-2. The molecule has 74 valence electrons. The van der Waals surface area contributed by atoms with Crippen LogP contribution in [0.1, 0.15) is 0 Å². The predicted molar refractivity (Wildman–Crippen MR) is 48.8 cm³/mol. The van der Waals surface area contributed by atoms with Crippen LogP contribution in [0.25, 0.3) is 0 Å². The van der Waals surface area contributed by atoms with Crippen molar-refractivity contribution in [3.05, 3.63) is 0 Å². The van der Waals surface area contributed by atoms with Crippen molar-refractivity contribution >= 4 is 19.1 Å². The molecule has 2 nitrogen and oxygen atoms in total. The van der Waals surface area contributed by atoms with E-state index in [9.17, 15) is 0 Å². The normalized spacial score (nSPS) is 10.2. The molecular formula is C6H16Cl2N2Pd. The van der Waals surface area contributed by atoms with Gasteiger partial charge >= 0.3 is 35.0 Å². The molecule has 0 aromatic rings. The molecule has 0 aliphatic heterocycles. The fraction of sp³-hybridized carbons (Fsp3) is 1.00. The number of rotatable bonds is 3. The van der Waals surface area contributed by atoms with Crippen molar-refractivity contribution in [3.8, 4) is 0 Å². The summed E-state index contributed by atoms with van der Waals surface area (Å²) in [5, 5.41) is 0. The van der Waals surface area contributed by atoms with Gasteiger partial charge in [-0.1, -0.05) is 0 Å². The maximum absolute atomic E-state index is 4.81. The summed E-state index contributed by atoms with van der Waals surface area (Å²) in [6.07, 6.45) is 0. The fourth-order valence-corrected chi connectivity index (χ4v) is 0.400. The Balaban J connectivity index is 0. The third-order valence-electron chi connectivity index (χ3n) is 0.994. The first-order valence-electron chi connectivity index (χ1n) is 3.16. The summed E-state index contributed by atoms with van der Waals surface area (Å²) in [5.74, 6) is 0. The Labute approximate surface area is 85.9 Å². The van der Waals surface area contributed by atoms with Crippen molar-refractivity contribution in [3.63, 3.8) is 0 Å². The zero-order chi connectivity index (χ0) is 9.28. The van der Waals surface area contributed by atoms with Gasteiger partial charge < -0.3 is 9.80 Å². The summed E-state index contributed by atoms with van der Waals surface area (Å²) >= 11 is -0.106. The first-order chi connectivity index (χ1) is 5.04. The molecule has 0 aliphatic carbocycles. The molecule has 11 heavy (non-hydrogen) atoms. The second kappa shape index (κ2) is 11.2. The minimum atomic E-state index is -0.106. The van der Waals surface area contributed by atoms with Crippen molar-refractivity contribution in [2.75, 3.05) is 41.3 Å². The number of nitrogens with zero attached hydrogens (tertiary/aromatic N) is 2. The Hall–Kier alpha value is 1.16. The minimum absolute atomic E-state index is 0.106. The number of hydrogen-bond donors (Lipinski definition) is 0. The van der Waals surface area contributed by atoms with Crippen molar-refractivity contribution < 1.29 is 15.9 Å². The molecule has 0 aromatic heterocycles. The Morgan fingerprint density at radius 3 is 1.18 bits per heavy atom. The molecule has 0 heterocycles. The molecular weight excluding hydrogens is 277 g/mol. The van der Waals surface area contributed by atoms with Gasteiger partial charge in [-0.05, 0) is 28.2 Å². The zero-order valence-electron chi connectivity index (χ0n) is 7.38. The molecule has 0 saturated carbocycles. The van der Waals surface area contributed by atoms with E-state index >= 15 is 0 Å². The second-order valence-electron chi connectivity index (χ2n) is 2.65. The molecule has 0 rings (SSSR count). The maximum atomic E-state index is 4.81. The van der Waals surface area contributed by atoms with Crippen molar-refractivity contribution in [1.82, 2.24) is 9.80 Å². The van der Waals surface area contributed by atoms with Gasteiger partial charge in [0.05, 0.1) is 0 Å². The summed E-state index contributed by atoms with van der Waals surface area (Å²) in [6.45, 7) is 2.29. The van der Waals surface area contributed by atoms with Crippen LogP contribution < -0.4 is 0 Å². The van der Waals surface area contributed by atoms with Gasteiger partial charge in [0.1, 0.15) is 0 Å². The molecule has 0 bridgehead atoms. The van der Waals surface area contributed by atoms with Crippen LogP contribution in [0.5, 0.6) is 0 Å². The van der Waals surface area contributed by atoms with E-state index in [1.165, 1.54) is 0 Å².